The predicted octanol–water partition coefficient (Wildman–Crippen LogP) is 2.77. The maximum Gasteiger partial charge on any atom is 0.273 e. The molecule has 2 aliphatic heterocycles. The van der Waals surface area contributed by atoms with E-state index in [9.17, 15) is 4.79 Å². The summed E-state index contributed by atoms with van der Waals surface area (Å²) in [4.78, 5) is 12.9. The fourth-order valence-electron chi connectivity index (χ4n) is 4.94. The molecule has 1 saturated heterocycles. The van der Waals surface area contributed by atoms with Crippen molar-refractivity contribution in [1.82, 2.24) is 25.6 Å². The number of fused-ring (bicyclic) bond motifs is 1. The van der Waals surface area contributed by atoms with Crippen LogP contribution in [-0.4, -0.2) is 39.6 Å². The fraction of sp³-hybridized carbons (Fsp3) is 0.571. The number of benzene rings is 1. The van der Waals surface area contributed by atoms with Crippen molar-refractivity contribution in [3.8, 4) is 5.75 Å². The van der Waals surface area contributed by atoms with Crippen LogP contribution < -0.4 is 15.4 Å². The minimum atomic E-state index is -0.157. The number of amides is 1. The highest BCUT2D eigenvalue weighted by Gasteiger charge is 2.43. The summed E-state index contributed by atoms with van der Waals surface area (Å²) in [6, 6.07) is 8.33. The molecule has 7 heteroatoms. The Kier molecular flexibility index (Phi) is 4.55. The Hall–Kier alpha value is -2.41. The van der Waals surface area contributed by atoms with Gasteiger partial charge in [-0.2, -0.15) is 0 Å². The summed E-state index contributed by atoms with van der Waals surface area (Å²) in [6.07, 6.45) is 9.13. The molecule has 3 heterocycles. The third-order valence-electron chi connectivity index (χ3n) is 6.44. The summed E-state index contributed by atoms with van der Waals surface area (Å²) in [6.45, 7) is 1.96. The van der Waals surface area contributed by atoms with E-state index >= 15 is 0 Å². The zero-order valence-corrected chi connectivity index (χ0v) is 16.1. The van der Waals surface area contributed by atoms with Gasteiger partial charge in [-0.1, -0.05) is 23.4 Å². The second-order valence-corrected chi connectivity index (χ2v) is 8.33. The minimum Gasteiger partial charge on any atom is -0.487 e. The third-order valence-corrected chi connectivity index (χ3v) is 6.44. The molecule has 2 N–H and O–H groups in total. The van der Waals surface area contributed by atoms with E-state index in [1.165, 1.54) is 12.8 Å². The summed E-state index contributed by atoms with van der Waals surface area (Å²) in [7, 11) is 0. The molecular formula is C21H27N5O2. The number of carbonyl (C=O) groups is 1. The normalized spacial score (nSPS) is 23.9. The monoisotopic (exact) mass is 381 g/mol. The number of rotatable bonds is 3. The molecule has 1 saturated carbocycles. The molecule has 2 fully saturated rings. The summed E-state index contributed by atoms with van der Waals surface area (Å²) < 4.78 is 8.25. The Morgan fingerprint density at radius 1 is 1.21 bits per heavy atom. The average Bonchev–Trinajstić information content (AvgIpc) is 3.39. The zero-order chi connectivity index (χ0) is 19.0. The lowest BCUT2D eigenvalue weighted by atomic mass is 9.86. The Morgan fingerprint density at radius 2 is 2.00 bits per heavy atom. The molecule has 5 rings (SSSR count). The lowest BCUT2D eigenvalue weighted by molar-refractivity contribution is 0.0360. The molecule has 0 bridgehead atoms. The maximum atomic E-state index is 12.9. The van der Waals surface area contributed by atoms with Gasteiger partial charge in [0.05, 0.1) is 18.3 Å². The highest BCUT2D eigenvalue weighted by molar-refractivity contribution is 5.92. The molecule has 2 aromatic rings. The summed E-state index contributed by atoms with van der Waals surface area (Å²) in [5, 5.41) is 14.9. The van der Waals surface area contributed by atoms with Gasteiger partial charge in [0, 0.05) is 12.0 Å². The van der Waals surface area contributed by atoms with Crippen LogP contribution in [0.3, 0.4) is 0 Å². The Morgan fingerprint density at radius 3 is 2.82 bits per heavy atom. The lowest BCUT2D eigenvalue weighted by Gasteiger charge is -2.40. The standard InChI is InChI=1S/C21H27N5O2/c27-20(18-14-26(25-24-18)15-7-11-22-12-8-15)23-17-13-21(9-3-4-10-21)28-19-6-2-1-5-16(17)19/h1-2,5-6,14-15,17,22H,3-4,7-13H2,(H,23,27). The van der Waals surface area contributed by atoms with E-state index in [0.29, 0.717) is 11.7 Å². The quantitative estimate of drug-likeness (QED) is 0.854. The lowest BCUT2D eigenvalue weighted by Crippen LogP contribution is -2.43. The first kappa shape index (κ1) is 17.7. The van der Waals surface area contributed by atoms with Crippen molar-refractivity contribution in [3.63, 3.8) is 0 Å². The number of carbonyl (C=O) groups excluding carboxylic acids is 1. The van der Waals surface area contributed by atoms with Crippen LogP contribution in [0.4, 0.5) is 0 Å². The molecule has 3 aliphatic rings. The number of hydrogen-bond acceptors (Lipinski definition) is 5. The molecule has 1 atom stereocenters. The van der Waals surface area contributed by atoms with E-state index in [4.69, 9.17) is 4.74 Å². The molecule has 7 nitrogen and oxygen atoms in total. The number of hydrogen-bond donors (Lipinski definition) is 2. The first-order valence-corrected chi connectivity index (χ1v) is 10.4. The van der Waals surface area contributed by atoms with Crippen LogP contribution in [0.15, 0.2) is 30.5 Å². The molecule has 148 valence electrons. The summed E-state index contributed by atoms with van der Waals surface area (Å²) in [5.74, 6) is 0.745. The zero-order valence-electron chi connectivity index (χ0n) is 16.1. The van der Waals surface area contributed by atoms with Crippen LogP contribution >= 0.6 is 0 Å². The van der Waals surface area contributed by atoms with Gasteiger partial charge >= 0.3 is 0 Å². The van der Waals surface area contributed by atoms with Gasteiger partial charge in [-0.3, -0.25) is 4.79 Å². The van der Waals surface area contributed by atoms with Gasteiger partial charge in [0.1, 0.15) is 11.4 Å². The van der Waals surface area contributed by atoms with Crippen molar-refractivity contribution >= 4 is 5.91 Å². The first-order chi connectivity index (χ1) is 13.7. The van der Waals surface area contributed by atoms with Crippen LogP contribution in [0, 0.1) is 0 Å². The number of para-hydroxylation sites is 1. The van der Waals surface area contributed by atoms with Crippen molar-refractivity contribution in [2.24, 2.45) is 0 Å². The van der Waals surface area contributed by atoms with Gasteiger partial charge in [-0.05, 0) is 57.7 Å². The molecule has 1 unspecified atom stereocenters. The smallest absolute Gasteiger partial charge is 0.273 e. The Balaban J connectivity index is 1.35. The van der Waals surface area contributed by atoms with Gasteiger partial charge < -0.3 is 15.4 Å². The van der Waals surface area contributed by atoms with Gasteiger partial charge in [-0.15, -0.1) is 5.10 Å². The average molecular weight is 381 g/mol. The van der Waals surface area contributed by atoms with Crippen LogP contribution in [-0.2, 0) is 0 Å². The highest BCUT2D eigenvalue weighted by Crippen LogP contribution is 2.47. The SMILES string of the molecule is O=C(NC1CC2(CCCC2)Oc2ccccc21)c1cn(C2CCNCC2)nn1. The van der Waals surface area contributed by atoms with E-state index in [-0.39, 0.29) is 17.6 Å². The van der Waals surface area contributed by atoms with Gasteiger partial charge in [-0.25, -0.2) is 4.68 Å². The number of ether oxygens (including phenoxy) is 1. The molecule has 1 amide bonds. The van der Waals surface area contributed by atoms with E-state index in [1.807, 2.05) is 28.9 Å². The van der Waals surface area contributed by atoms with Gasteiger partial charge in [0.25, 0.3) is 5.91 Å². The Bertz CT molecular complexity index is 852. The van der Waals surface area contributed by atoms with E-state index in [1.54, 1.807) is 6.20 Å². The molecule has 1 aliphatic carbocycles. The maximum absolute atomic E-state index is 12.9. The predicted molar refractivity (Wildman–Crippen MR) is 104 cm³/mol. The van der Waals surface area contributed by atoms with Crippen LogP contribution in [0.1, 0.15) is 73.1 Å². The number of piperidine rings is 1. The second-order valence-electron chi connectivity index (χ2n) is 8.33. The largest absolute Gasteiger partial charge is 0.487 e. The minimum absolute atomic E-state index is 0.0559. The topological polar surface area (TPSA) is 81.1 Å². The molecule has 28 heavy (non-hydrogen) atoms. The van der Waals surface area contributed by atoms with Crippen LogP contribution in [0.5, 0.6) is 5.75 Å². The number of nitrogens with one attached hydrogen (secondary N) is 2. The highest BCUT2D eigenvalue weighted by atomic mass is 16.5. The van der Waals surface area contributed by atoms with Gasteiger partial charge in [0.2, 0.25) is 0 Å². The van der Waals surface area contributed by atoms with E-state index in [0.717, 1.165) is 56.5 Å². The van der Waals surface area contributed by atoms with Crippen molar-refractivity contribution < 1.29 is 9.53 Å². The molecule has 1 aromatic carbocycles. The molecule has 1 spiro atoms. The molecule has 0 radical (unpaired) electrons. The van der Waals surface area contributed by atoms with Crippen molar-refractivity contribution in [3.05, 3.63) is 41.7 Å². The number of aromatic nitrogens is 3. The van der Waals surface area contributed by atoms with Crippen molar-refractivity contribution in [2.45, 2.75) is 62.6 Å². The van der Waals surface area contributed by atoms with Crippen molar-refractivity contribution in [2.75, 3.05) is 13.1 Å². The second kappa shape index (κ2) is 7.20. The Labute approximate surface area is 164 Å². The molecular weight excluding hydrogens is 354 g/mol. The van der Waals surface area contributed by atoms with Crippen LogP contribution in [0.25, 0.3) is 0 Å². The van der Waals surface area contributed by atoms with Crippen LogP contribution in [0.2, 0.25) is 0 Å². The fourth-order valence-corrected chi connectivity index (χ4v) is 4.94. The number of nitrogens with zero attached hydrogens (tertiary/aromatic N) is 3. The summed E-state index contributed by atoms with van der Waals surface area (Å²) >= 11 is 0. The van der Waals surface area contributed by atoms with E-state index in [2.05, 4.69) is 20.9 Å². The van der Waals surface area contributed by atoms with E-state index < -0.39 is 0 Å². The summed E-state index contributed by atoms with van der Waals surface area (Å²) in [5.41, 5.74) is 1.31. The first-order valence-electron chi connectivity index (χ1n) is 10.4. The third kappa shape index (κ3) is 3.28. The van der Waals surface area contributed by atoms with Gasteiger partial charge in [0.15, 0.2) is 5.69 Å². The molecule has 1 aromatic heterocycles. The van der Waals surface area contributed by atoms with Crippen molar-refractivity contribution in [1.29, 1.82) is 0 Å².